The number of carbonyl (C=O) groups excluding carboxylic acids is 2. The summed E-state index contributed by atoms with van der Waals surface area (Å²) in [6, 6.07) is 15.9. The normalized spacial score (nSPS) is 20.5. The Labute approximate surface area is 174 Å². The molecule has 0 spiro atoms. The van der Waals surface area contributed by atoms with E-state index in [2.05, 4.69) is 10.4 Å². The van der Waals surface area contributed by atoms with Crippen LogP contribution in [0.5, 0.6) is 11.5 Å². The molecule has 30 heavy (non-hydrogen) atoms. The molecule has 0 bridgehead atoms. The lowest BCUT2D eigenvalue weighted by Crippen LogP contribution is -2.90. The number of ether oxygens (including phenoxy) is 1. The van der Waals surface area contributed by atoms with Crippen LogP contribution in [0.15, 0.2) is 54.6 Å². The first-order chi connectivity index (χ1) is 14.4. The molecule has 0 saturated carbocycles. The fourth-order valence-corrected chi connectivity index (χ4v) is 5.19. The molecule has 2 N–H and O–H groups in total. The number of amides is 2. The van der Waals surface area contributed by atoms with E-state index in [-0.39, 0.29) is 36.2 Å². The van der Waals surface area contributed by atoms with Crippen LogP contribution in [0.25, 0.3) is 0 Å². The topological polar surface area (TPSA) is 107 Å². The van der Waals surface area contributed by atoms with Crippen molar-refractivity contribution in [2.45, 2.75) is 25.3 Å². The summed E-state index contributed by atoms with van der Waals surface area (Å²) < 4.78 is 29.2. The van der Waals surface area contributed by atoms with Crippen molar-refractivity contribution in [2.75, 3.05) is 16.8 Å². The Morgan fingerprint density at radius 3 is 2.40 bits per heavy atom. The summed E-state index contributed by atoms with van der Waals surface area (Å²) in [5.41, 5.74) is 0.921. The number of nitrogens with zero attached hydrogens (tertiary/aromatic N) is 1. The summed E-state index contributed by atoms with van der Waals surface area (Å²) >= 11 is 0. The van der Waals surface area contributed by atoms with Crippen molar-refractivity contribution >= 4 is 33.1 Å². The average Bonchev–Trinajstić information content (AvgIpc) is 3.10. The standard InChI is InChI=1S/C21H21N3O5S/c25-20-11-10-19(23-24(20)16-12-13-30(27,28)14-16)21(26)22-15-6-8-18(9-7-15)29-17-4-2-1-3-5-17/h1-9,16H,10-14H2,(H,22,26)/p+1/t16-/m0/s1. The molecule has 0 aromatic heterocycles. The van der Waals surface area contributed by atoms with Crippen LogP contribution in [0.3, 0.4) is 0 Å². The third kappa shape index (κ3) is 4.68. The molecule has 2 amide bonds. The highest BCUT2D eigenvalue weighted by molar-refractivity contribution is 7.91. The number of hydrogen-bond acceptors (Lipinski definition) is 5. The minimum Gasteiger partial charge on any atom is -0.457 e. The molecule has 2 heterocycles. The number of nitrogens with one attached hydrogen (secondary N) is 2. The van der Waals surface area contributed by atoms with Gasteiger partial charge in [0.2, 0.25) is 0 Å². The van der Waals surface area contributed by atoms with Crippen LogP contribution < -0.4 is 15.2 Å². The van der Waals surface area contributed by atoms with Gasteiger partial charge in [0.05, 0.1) is 11.5 Å². The molecule has 8 nitrogen and oxygen atoms in total. The van der Waals surface area contributed by atoms with E-state index in [9.17, 15) is 18.0 Å². The minimum absolute atomic E-state index is 0.0576. The smallest absolute Gasteiger partial charge is 0.318 e. The van der Waals surface area contributed by atoms with Crippen LogP contribution in [0.2, 0.25) is 0 Å². The first-order valence-corrected chi connectivity index (χ1v) is 11.5. The third-order valence-electron chi connectivity index (χ3n) is 5.05. The molecule has 0 aliphatic carbocycles. The van der Waals surface area contributed by atoms with E-state index in [0.717, 1.165) is 5.75 Å². The third-order valence-corrected chi connectivity index (χ3v) is 6.80. The van der Waals surface area contributed by atoms with Gasteiger partial charge in [-0.3, -0.25) is 9.59 Å². The van der Waals surface area contributed by atoms with Gasteiger partial charge in [0, 0.05) is 18.5 Å². The van der Waals surface area contributed by atoms with Gasteiger partial charge in [-0.1, -0.05) is 18.2 Å². The summed E-state index contributed by atoms with van der Waals surface area (Å²) in [7, 11) is -3.14. The van der Waals surface area contributed by atoms with Gasteiger partial charge in [-0.15, -0.1) is 10.1 Å². The number of carbonyl (C=O) groups is 2. The van der Waals surface area contributed by atoms with Crippen LogP contribution in [0.1, 0.15) is 19.3 Å². The molecule has 156 valence electrons. The van der Waals surface area contributed by atoms with Crippen molar-refractivity contribution < 1.29 is 27.8 Å². The largest absolute Gasteiger partial charge is 0.457 e. The van der Waals surface area contributed by atoms with Gasteiger partial charge in [-0.05, 0) is 42.8 Å². The Bertz CT molecular complexity index is 1080. The van der Waals surface area contributed by atoms with Crippen LogP contribution in [-0.4, -0.2) is 48.5 Å². The summed E-state index contributed by atoms with van der Waals surface area (Å²) in [5.74, 6) is 0.781. The molecule has 2 aliphatic rings. The Hall–Kier alpha value is -3.20. The maximum Gasteiger partial charge on any atom is 0.318 e. The molecule has 9 heteroatoms. The number of hydrogen-bond donors (Lipinski definition) is 2. The fourth-order valence-electron chi connectivity index (χ4n) is 3.49. The van der Waals surface area contributed by atoms with Crippen LogP contribution in [0, 0.1) is 0 Å². The summed E-state index contributed by atoms with van der Waals surface area (Å²) in [5, 5.41) is 6.95. The minimum atomic E-state index is -3.14. The number of rotatable bonds is 5. The van der Waals surface area contributed by atoms with E-state index >= 15 is 0 Å². The van der Waals surface area contributed by atoms with Crippen molar-refractivity contribution in [2.24, 2.45) is 0 Å². The quantitative estimate of drug-likeness (QED) is 0.728. The fraction of sp³-hybridized carbons (Fsp3) is 0.286. The lowest BCUT2D eigenvalue weighted by Gasteiger charge is -2.21. The maximum atomic E-state index is 12.6. The Balaban J connectivity index is 1.41. The second kappa shape index (κ2) is 8.27. The van der Waals surface area contributed by atoms with Gasteiger partial charge in [-0.25, -0.2) is 8.42 Å². The Kier molecular flexibility index (Phi) is 5.54. The van der Waals surface area contributed by atoms with Crippen LogP contribution in [-0.2, 0) is 19.4 Å². The monoisotopic (exact) mass is 428 g/mol. The predicted octanol–water partition coefficient (Wildman–Crippen LogP) is 0.663. The molecular formula is C21H22N3O5S+. The Morgan fingerprint density at radius 1 is 1.03 bits per heavy atom. The average molecular weight is 428 g/mol. The maximum absolute atomic E-state index is 12.6. The molecule has 1 saturated heterocycles. The second-order valence-corrected chi connectivity index (χ2v) is 9.53. The highest BCUT2D eigenvalue weighted by atomic mass is 32.2. The van der Waals surface area contributed by atoms with Crippen molar-refractivity contribution in [3.8, 4) is 11.5 Å². The van der Waals surface area contributed by atoms with E-state index < -0.39 is 15.9 Å². The lowest BCUT2D eigenvalue weighted by molar-refractivity contribution is -0.633. The molecule has 2 aromatic rings. The van der Waals surface area contributed by atoms with E-state index in [0.29, 0.717) is 23.6 Å². The predicted molar refractivity (Wildman–Crippen MR) is 111 cm³/mol. The number of sulfone groups is 1. The lowest BCUT2D eigenvalue weighted by atomic mass is 10.1. The summed E-state index contributed by atoms with van der Waals surface area (Å²) in [6.07, 6.45) is 0.810. The highest BCUT2D eigenvalue weighted by Crippen LogP contribution is 2.23. The number of para-hydroxylation sites is 1. The number of anilines is 1. The van der Waals surface area contributed by atoms with Gasteiger partial charge in [0.1, 0.15) is 17.5 Å². The van der Waals surface area contributed by atoms with Crippen LogP contribution >= 0.6 is 0 Å². The summed E-state index contributed by atoms with van der Waals surface area (Å²) in [4.78, 5) is 24.9. The number of hydrazone groups is 1. The van der Waals surface area contributed by atoms with Gasteiger partial charge in [-0.2, -0.15) is 0 Å². The van der Waals surface area contributed by atoms with Gasteiger partial charge >= 0.3 is 5.91 Å². The molecule has 2 aromatic carbocycles. The van der Waals surface area contributed by atoms with Crippen LogP contribution in [0.4, 0.5) is 5.69 Å². The van der Waals surface area contributed by atoms with Crippen molar-refractivity contribution in [1.82, 2.24) is 5.01 Å². The molecule has 2 aliphatic heterocycles. The zero-order chi connectivity index (χ0) is 21.1. The van der Waals surface area contributed by atoms with Gasteiger partial charge < -0.3 is 10.1 Å². The van der Waals surface area contributed by atoms with Gasteiger partial charge in [0.15, 0.2) is 9.84 Å². The Morgan fingerprint density at radius 2 is 1.73 bits per heavy atom. The van der Waals surface area contributed by atoms with Crippen molar-refractivity contribution in [1.29, 1.82) is 0 Å². The number of hydrazine groups is 1. The summed E-state index contributed by atoms with van der Waals surface area (Å²) in [6.45, 7) is 0. The molecule has 1 atom stereocenters. The van der Waals surface area contributed by atoms with Crippen molar-refractivity contribution in [3.63, 3.8) is 0 Å². The zero-order valence-corrected chi connectivity index (χ0v) is 17.0. The molecule has 1 fully saturated rings. The number of benzene rings is 2. The van der Waals surface area contributed by atoms with E-state index in [1.54, 1.807) is 24.3 Å². The SMILES string of the molecule is O=C(Nc1ccc(Oc2ccccc2)cc1)C1=[NH+]N([C@H]2CCS(=O)(=O)C2)C(=O)CC1. The van der Waals surface area contributed by atoms with Crippen molar-refractivity contribution in [3.05, 3.63) is 54.6 Å². The first-order valence-electron chi connectivity index (χ1n) is 9.69. The molecule has 4 rings (SSSR count). The first kappa shape index (κ1) is 20.1. The zero-order valence-electron chi connectivity index (χ0n) is 16.2. The molecule has 0 radical (unpaired) electrons. The van der Waals surface area contributed by atoms with E-state index in [4.69, 9.17) is 4.74 Å². The van der Waals surface area contributed by atoms with E-state index in [1.807, 2.05) is 30.3 Å². The highest BCUT2D eigenvalue weighted by Gasteiger charge is 2.41. The van der Waals surface area contributed by atoms with E-state index in [1.165, 1.54) is 5.01 Å². The molecular weight excluding hydrogens is 406 g/mol. The van der Waals surface area contributed by atoms with Gasteiger partial charge in [0.25, 0.3) is 11.6 Å². The second-order valence-electron chi connectivity index (χ2n) is 7.30. The molecule has 0 unspecified atom stereocenters.